The largest absolute Gasteiger partial charge is 0.497 e. The minimum atomic E-state index is -0.625. The second kappa shape index (κ2) is 8.00. The standard InChI is InChI=1S/C25H27FN2O3/c1-30-18-8-5-16(6-9-18)25(11-13-31-14-12-25)24(29)28-22-4-2-3-19-20-15-17(26)7-10-21(20)27-23(19)22/h5-10,15,22,27H,2-4,11-14H2,1H3,(H,28,29)/t22-/m1/s1. The molecule has 1 aliphatic carbocycles. The fourth-order valence-electron chi connectivity index (χ4n) is 5.15. The van der Waals surface area contributed by atoms with Crippen LogP contribution < -0.4 is 10.1 Å². The number of aryl methyl sites for hydroxylation is 1. The van der Waals surface area contributed by atoms with E-state index < -0.39 is 5.41 Å². The number of halogens is 1. The van der Waals surface area contributed by atoms with Crippen molar-refractivity contribution in [2.45, 2.75) is 43.6 Å². The van der Waals surface area contributed by atoms with Crippen molar-refractivity contribution in [1.82, 2.24) is 10.3 Å². The highest BCUT2D eigenvalue weighted by Crippen LogP contribution is 2.39. The van der Waals surface area contributed by atoms with E-state index >= 15 is 0 Å². The molecule has 1 fully saturated rings. The number of carbonyl (C=O) groups excluding carboxylic acids is 1. The lowest BCUT2D eigenvalue weighted by Gasteiger charge is -2.38. The maximum absolute atomic E-state index is 13.8. The van der Waals surface area contributed by atoms with Crippen molar-refractivity contribution in [2.24, 2.45) is 0 Å². The first-order chi connectivity index (χ1) is 15.1. The van der Waals surface area contributed by atoms with Crippen LogP contribution in [0, 0.1) is 5.82 Å². The maximum Gasteiger partial charge on any atom is 0.231 e. The summed E-state index contributed by atoms with van der Waals surface area (Å²) in [5.74, 6) is 0.568. The molecule has 1 atom stereocenters. The summed E-state index contributed by atoms with van der Waals surface area (Å²) < 4.78 is 24.7. The number of hydrogen-bond acceptors (Lipinski definition) is 3. The Morgan fingerprint density at radius 1 is 1.19 bits per heavy atom. The summed E-state index contributed by atoms with van der Waals surface area (Å²) in [5, 5.41) is 4.26. The molecule has 5 nitrogen and oxygen atoms in total. The molecular weight excluding hydrogens is 395 g/mol. The highest BCUT2D eigenvalue weighted by Gasteiger charge is 2.43. The van der Waals surface area contributed by atoms with Gasteiger partial charge in [-0.1, -0.05) is 12.1 Å². The lowest BCUT2D eigenvalue weighted by Crippen LogP contribution is -2.49. The van der Waals surface area contributed by atoms with Gasteiger partial charge in [0.2, 0.25) is 5.91 Å². The van der Waals surface area contributed by atoms with Gasteiger partial charge in [0.15, 0.2) is 0 Å². The summed E-state index contributed by atoms with van der Waals surface area (Å²) in [6.45, 7) is 1.11. The van der Waals surface area contributed by atoms with Crippen LogP contribution in [-0.2, 0) is 21.4 Å². The lowest BCUT2D eigenvalue weighted by atomic mass is 9.73. The van der Waals surface area contributed by atoms with E-state index in [0.29, 0.717) is 26.1 Å². The van der Waals surface area contributed by atoms with Crippen LogP contribution >= 0.6 is 0 Å². The monoisotopic (exact) mass is 422 g/mol. The zero-order valence-corrected chi connectivity index (χ0v) is 17.7. The second-order valence-electron chi connectivity index (χ2n) is 8.55. The van der Waals surface area contributed by atoms with Gasteiger partial charge >= 0.3 is 0 Å². The van der Waals surface area contributed by atoms with Gasteiger partial charge in [-0.15, -0.1) is 0 Å². The summed E-state index contributed by atoms with van der Waals surface area (Å²) in [7, 11) is 1.64. The number of carbonyl (C=O) groups is 1. The highest BCUT2D eigenvalue weighted by molar-refractivity contribution is 5.90. The van der Waals surface area contributed by atoms with Crippen molar-refractivity contribution in [1.29, 1.82) is 0 Å². The Morgan fingerprint density at radius 3 is 2.71 bits per heavy atom. The molecule has 0 bridgehead atoms. The molecule has 1 aliphatic heterocycles. The number of hydrogen-bond donors (Lipinski definition) is 2. The molecule has 1 saturated heterocycles. The van der Waals surface area contributed by atoms with Crippen LogP contribution in [-0.4, -0.2) is 31.2 Å². The number of aromatic amines is 1. The van der Waals surface area contributed by atoms with Crippen molar-refractivity contribution in [3.63, 3.8) is 0 Å². The van der Waals surface area contributed by atoms with Crippen LogP contribution in [0.1, 0.15) is 48.5 Å². The Hall–Kier alpha value is -2.86. The Labute approximate surface area is 180 Å². The van der Waals surface area contributed by atoms with E-state index in [1.807, 2.05) is 24.3 Å². The summed E-state index contributed by atoms with van der Waals surface area (Å²) in [6, 6.07) is 12.5. The van der Waals surface area contributed by atoms with Gasteiger partial charge in [0.25, 0.3) is 0 Å². The fourth-order valence-corrected chi connectivity index (χ4v) is 5.15. The third-order valence-corrected chi connectivity index (χ3v) is 6.90. The molecule has 2 aromatic carbocycles. The molecule has 162 valence electrons. The van der Waals surface area contributed by atoms with Crippen LogP contribution in [0.15, 0.2) is 42.5 Å². The molecule has 2 aliphatic rings. The lowest BCUT2D eigenvalue weighted by molar-refractivity contribution is -0.131. The fraction of sp³-hybridized carbons (Fsp3) is 0.400. The van der Waals surface area contributed by atoms with E-state index in [2.05, 4.69) is 10.3 Å². The van der Waals surface area contributed by atoms with E-state index in [4.69, 9.17) is 9.47 Å². The van der Waals surface area contributed by atoms with Crippen LogP contribution in [0.4, 0.5) is 4.39 Å². The first-order valence-corrected chi connectivity index (χ1v) is 10.9. The number of benzene rings is 2. The number of fused-ring (bicyclic) bond motifs is 3. The molecule has 3 aromatic rings. The minimum Gasteiger partial charge on any atom is -0.497 e. The molecule has 1 amide bonds. The summed E-state index contributed by atoms with van der Waals surface area (Å²) in [6.07, 6.45) is 4.00. The van der Waals surface area contributed by atoms with Crippen molar-refractivity contribution in [2.75, 3.05) is 20.3 Å². The predicted octanol–water partition coefficient (Wildman–Crippen LogP) is 4.56. The molecule has 0 radical (unpaired) electrons. The van der Waals surface area contributed by atoms with E-state index in [1.165, 1.54) is 6.07 Å². The van der Waals surface area contributed by atoms with Crippen LogP contribution in [0.2, 0.25) is 0 Å². The Balaban J connectivity index is 1.47. The topological polar surface area (TPSA) is 63.3 Å². The summed E-state index contributed by atoms with van der Waals surface area (Å²) >= 11 is 0. The number of H-pyrrole nitrogens is 1. The zero-order chi connectivity index (χ0) is 21.4. The molecule has 0 unspecified atom stereocenters. The third kappa shape index (κ3) is 3.49. The maximum atomic E-state index is 13.8. The Kier molecular flexibility index (Phi) is 5.18. The van der Waals surface area contributed by atoms with E-state index in [0.717, 1.165) is 52.7 Å². The number of aromatic nitrogens is 1. The van der Waals surface area contributed by atoms with Gasteiger partial charge in [-0.05, 0) is 73.6 Å². The van der Waals surface area contributed by atoms with Gasteiger partial charge in [-0.25, -0.2) is 4.39 Å². The average Bonchev–Trinajstić information content (AvgIpc) is 3.18. The SMILES string of the molecule is COc1ccc(C2(C(=O)N[C@@H]3CCCc4c3[nH]c3ccc(F)cc43)CCOCC2)cc1. The van der Waals surface area contributed by atoms with Gasteiger partial charge in [0.1, 0.15) is 11.6 Å². The summed E-state index contributed by atoms with van der Waals surface area (Å²) in [4.78, 5) is 17.2. The van der Waals surface area contributed by atoms with Gasteiger partial charge in [-0.3, -0.25) is 4.79 Å². The molecule has 0 saturated carbocycles. The van der Waals surface area contributed by atoms with Crippen molar-refractivity contribution < 1.29 is 18.7 Å². The van der Waals surface area contributed by atoms with Gasteiger partial charge < -0.3 is 19.8 Å². The zero-order valence-electron chi connectivity index (χ0n) is 17.7. The minimum absolute atomic E-state index is 0.0312. The smallest absolute Gasteiger partial charge is 0.231 e. The van der Waals surface area contributed by atoms with Gasteiger partial charge in [0, 0.05) is 29.8 Å². The number of nitrogens with one attached hydrogen (secondary N) is 2. The van der Waals surface area contributed by atoms with E-state index in [1.54, 1.807) is 19.2 Å². The van der Waals surface area contributed by atoms with Crippen LogP contribution in [0.5, 0.6) is 5.75 Å². The van der Waals surface area contributed by atoms with Crippen LogP contribution in [0.3, 0.4) is 0 Å². The van der Waals surface area contributed by atoms with Crippen molar-refractivity contribution in [3.05, 3.63) is 65.1 Å². The number of amides is 1. The number of ether oxygens (including phenoxy) is 2. The quantitative estimate of drug-likeness (QED) is 0.648. The van der Waals surface area contributed by atoms with E-state index in [-0.39, 0.29) is 17.8 Å². The van der Waals surface area contributed by atoms with Gasteiger partial charge in [0.05, 0.1) is 18.6 Å². The van der Waals surface area contributed by atoms with Gasteiger partial charge in [-0.2, -0.15) is 0 Å². The van der Waals surface area contributed by atoms with Crippen molar-refractivity contribution in [3.8, 4) is 5.75 Å². The average molecular weight is 423 g/mol. The molecule has 31 heavy (non-hydrogen) atoms. The molecule has 2 heterocycles. The molecule has 1 aromatic heterocycles. The normalized spacial score (nSPS) is 20.3. The molecule has 0 spiro atoms. The second-order valence-corrected chi connectivity index (χ2v) is 8.55. The predicted molar refractivity (Wildman–Crippen MR) is 117 cm³/mol. The first-order valence-electron chi connectivity index (χ1n) is 10.9. The molecular formula is C25H27FN2O3. The molecule has 5 rings (SSSR count). The highest BCUT2D eigenvalue weighted by atomic mass is 19.1. The van der Waals surface area contributed by atoms with Crippen LogP contribution in [0.25, 0.3) is 10.9 Å². The molecule has 6 heteroatoms. The van der Waals surface area contributed by atoms with E-state index in [9.17, 15) is 9.18 Å². The third-order valence-electron chi connectivity index (χ3n) is 6.90. The Morgan fingerprint density at radius 2 is 1.97 bits per heavy atom. The molecule has 2 N–H and O–H groups in total. The first kappa shape index (κ1) is 20.1. The Bertz CT molecular complexity index is 1100. The summed E-state index contributed by atoms with van der Waals surface area (Å²) in [5.41, 5.74) is 3.42. The number of methoxy groups -OCH3 is 1. The number of rotatable bonds is 4. The van der Waals surface area contributed by atoms with Crippen molar-refractivity contribution >= 4 is 16.8 Å².